The van der Waals surface area contributed by atoms with E-state index in [0.717, 1.165) is 38.8 Å². The molecule has 0 saturated heterocycles. The first-order valence-corrected chi connectivity index (χ1v) is 19.9. The van der Waals surface area contributed by atoms with Gasteiger partial charge in [0.05, 0.1) is 30.4 Å². The Bertz CT molecular complexity index is 3710. The molecule has 6 nitrogen and oxygen atoms in total. The number of hydrogen-bond donors (Lipinski definition) is 0. The maximum Gasteiger partial charge on any atom is 0.268 e. The summed E-state index contributed by atoms with van der Waals surface area (Å²) in [4.78, 5) is 9.28. The summed E-state index contributed by atoms with van der Waals surface area (Å²) in [7, 11) is 0. The predicted octanol–water partition coefficient (Wildman–Crippen LogP) is 12.9. The summed E-state index contributed by atoms with van der Waals surface area (Å²) in [6.45, 7) is 12.7. The van der Waals surface area contributed by atoms with Gasteiger partial charge in [0.2, 0.25) is 0 Å². The van der Waals surface area contributed by atoms with Gasteiger partial charge in [-0.05, 0) is 74.0 Å². The van der Waals surface area contributed by atoms with Crippen molar-refractivity contribution in [3.8, 4) is 50.9 Å². The topological polar surface area (TPSA) is 48.8 Å². The van der Waals surface area contributed by atoms with Crippen molar-refractivity contribution >= 4 is 32.8 Å². The Kier molecular flexibility index (Phi) is 7.85. The zero-order valence-electron chi connectivity index (χ0n) is 44.8. The van der Waals surface area contributed by atoms with E-state index in [4.69, 9.17) is 23.4 Å². The van der Waals surface area contributed by atoms with Gasteiger partial charge in [-0.1, -0.05) is 144 Å². The van der Waals surface area contributed by atoms with Crippen LogP contribution in [-0.4, -0.2) is 19.1 Å². The summed E-state index contributed by atoms with van der Waals surface area (Å²) in [6, 6.07) is 28.2. The Balaban J connectivity index is 0.00000640. The largest absolute Gasteiger partial charge is 0.510 e. The zero-order chi connectivity index (χ0) is 50.6. The molecule has 0 unspecified atom stereocenters. The van der Waals surface area contributed by atoms with E-state index in [1.54, 1.807) is 45.8 Å². The first kappa shape index (κ1) is 30.4. The summed E-state index contributed by atoms with van der Waals surface area (Å²) < 4.78 is 99.5. The maximum absolute atomic E-state index is 9.05. The molecule has 0 radical (unpaired) electrons. The number of aromatic nitrogens is 5. The fraction of sp³-hybridized carbons (Fsp3) is 0.145. The normalized spacial score (nSPS) is 14.2. The molecule has 4 heterocycles. The van der Waals surface area contributed by atoms with Crippen LogP contribution in [0.25, 0.3) is 72.3 Å². The van der Waals surface area contributed by atoms with Crippen molar-refractivity contribution in [2.24, 2.45) is 0 Å². The average molecular weight is 997 g/mol. The van der Waals surface area contributed by atoms with Crippen LogP contribution in [0.1, 0.15) is 66.4 Å². The molecule has 0 aliphatic carbocycles. The minimum Gasteiger partial charge on any atom is -0.510 e. The molecule has 0 amide bonds. The minimum atomic E-state index is -0.581. The number of imidazole rings is 1. The first-order valence-electron chi connectivity index (χ1n) is 24.9. The van der Waals surface area contributed by atoms with E-state index in [-0.39, 0.29) is 54.4 Å². The molecule has 0 aliphatic heterocycles. The molecule has 0 bridgehead atoms. The molecule has 0 aliphatic rings. The van der Waals surface area contributed by atoms with E-state index >= 15 is 0 Å². The quantitative estimate of drug-likeness (QED) is 0.118. The van der Waals surface area contributed by atoms with E-state index in [1.165, 1.54) is 0 Å². The number of rotatable bonds is 7. The molecular formula is C55H45N5OPt-2. The summed E-state index contributed by atoms with van der Waals surface area (Å²) >= 11 is 0. The van der Waals surface area contributed by atoms with Gasteiger partial charge in [0.1, 0.15) is 5.82 Å². The van der Waals surface area contributed by atoms with E-state index in [0.29, 0.717) is 28.2 Å². The van der Waals surface area contributed by atoms with Gasteiger partial charge in [-0.25, -0.2) is 4.98 Å². The standard InChI is InChI=1S/C55H45N5O.Pt/c1-54(2,3)39-26-29-57-52(32-39)60-48-23-14-13-20-46(48)47-25-24-42(34-50(47)60)61-43-31-40(55(4,5)6)30-41(33-43)58-36-59(51-35-56-28-27-49(51)58)53-44(37-16-9-7-10-17-37)21-15-22-45(53)38-18-11-8-12-19-38;/h7-32,35H,1-6H3;/q-2;/i7D,8D,9D,10D,11D,12D,16D,17D,18D,19D;. The molecule has 62 heavy (non-hydrogen) atoms. The number of fused-ring (bicyclic) bond motifs is 4. The first-order chi connectivity index (χ1) is 33.6. The van der Waals surface area contributed by atoms with Gasteiger partial charge in [0, 0.05) is 56.7 Å². The molecule has 4 aromatic heterocycles. The van der Waals surface area contributed by atoms with Gasteiger partial charge in [0.25, 0.3) is 6.33 Å². The monoisotopic (exact) mass is 996 g/mol. The van der Waals surface area contributed by atoms with Crippen LogP contribution in [0.15, 0.2) is 164 Å². The van der Waals surface area contributed by atoms with Gasteiger partial charge in [0.15, 0.2) is 0 Å². The van der Waals surface area contributed by atoms with Crippen LogP contribution >= 0.6 is 0 Å². The van der Waals surface area contributed by atoms with Crippen molar-refractivity contribution in [1.82, 2.24) is 19.1 Å². The molecule has 0 atom stereocenters. The third kappa shape index (κ3) is 7.43. The van der Waals surface area contributed by atoms with Crippen molar-refractivity contribution in [3.05, 3.63) is 194 Å². The second kappa shape index (κ2) is 16.0. The van der Waals surface area contributed by atoms with Gasteiger partial charge in [-0.3, -0.25) is 9.55 Å². The number of hydrogen-bond acceptors (Lipinski definition) is 3. The third-order valence-electron chi connectivity index (χ3n) is 10.8. The van der Waals surface area contributed by atoms with Gasteiger partial charge < -0.3 is 13.9 Å². The number of benzene rings is 6. The number of para-hydroxylation sites is 2. The third-order valence-corrected chi connectivity index (χ3v) is 10.8. The predicted molar refractivity (Wildman–Crippen MR) is 246 cm³/mol. The van der Waals surface area contributed by atoms with Crippen LogP contribution in [0.3, 0.4) is 0 Å². The minimum absolute atomic E-state index is 0. The van der Waals surface area contributed by atoms with Crippen molar-refractivity contribution in [1.29, 1.82) is 0 Å². The average Bonchev–Trinajstić information content (AvgIpc) is 3.89. The van der Waals surface area contributed by atoms with E-state index in [9.17, 15) is 0 Å². The molecule has 0 N–H and O–H groups in total. The fourth-order valence-corrected chi connectivity index (χ4v) is 7.69. The molecule has 0 spiro atoms. The Morgan fingerprint density at radius 2 is 1.34 bits per heavy atom. The Morgan fingerprint density at radius 1 is 0.645 bits per heavy atom. The number of pyridine rings is 2. The van der Waals surface area contributed by atoms with Gasteiger partial charge in [-0.15, -0.1) is 29.7 Å². The van der Waals surface area contributed by atoms with Crippen molar-refractivity contribution in [2.45, 2.75) is 52.4 Å². The van der Waals surface area contributed by atoms with Crippen LogP contribution in [-0.2, 0) is 31.9 Å². The van der Waals surface area contributed by atoms with Crippen LogP contribution < -0.4 is 9.30 Å². The number of ether oxygens (including phenoxy) is 1. The van der Waals surface area contributed by atoms with E-state index in [2.05, 4.69) is 87.8 Å². The van der Waals surface area contributed by atoms with Crippen LogP contribution in [0.4, 0.5) is 0 Å². The van der Waals surface area contributed by atoms with Crippen LogP contribution in [0.5, 0.6) is 11.5 Å². The van der Waals surface area contributed by atoms with E-state index in [1.807, 2.05) is 48.7 Å². The summed E-state index contributed by atoms with van der Waals surface area (Å²) in [6.07, 6.45) is 8.45. The van der Waals surface area contributed by atoms with E-state index < -0.39 is 65.8 Å². The summed E-state index contributed by atoms with van der Waals surface area (Å²) in [5.74, 6) is 1.55. The van der Waals surface area contributed by atoms with Crippen molar-refractivity contribution in [2.75, 3.05) is 0 Å². The van der Waals surface area contributed by atoms with Crippen molar-refractivity contribution in [3.63, 3.8) is 0 Å². The van der Waals surface area contributed by atoms with Crippen LogP contribution in [0.2, 0.25) is 0 Å². The van der Waals surface area contributed by atoms with Crippen molar-refractivity contribution < 1.29 is 44.1 Å². The molecule has 10 rings (SSSR count). The molecule has 308 valence electrons. The fourth-order valence-electron chi connectivity index (χ4n) is 7.69. The SMILES string of the molecule is [2H]c1c([2H])c([2H])c(-c2cccc(-c3c([2H])c([2H])c([2H])c([2H])c3[2H])c2-[n+]2[c-]n(-c3[c-]c(Oc4[c-]c5c(cc4)c4ccccc4n5-c4cc(C(C)(C)C)ccn4)cc(C(C)(C)C)c3)c3ccncc32)c([2H])c1[2H].[Pt]. The van der Waals surface area contributed by atoms with Crippen LogP contribution in [0, 0.1) is 18.5 Å². The molecular weight excluding hydrogens is 942 g/mol. The molecule has 7 heteroatoms. The maximum atomic E-state index is 9.05. The Hall–Kier alpha value is -6.62. The van der Waals surface area contributed by atoms with Gasteiger partial charge >= 0.3 is 0 Å². The van der Waals surface area contributed by atoms with Gasteiger partial charge in [-0.2, -0.15) is 17.7 Å². The Morgan fingerprint density at radius 3 is 2.03 bits per heavy atom. The smallest absolute Gasteiger partial charge is 0.268 e. The molecule has 0 saturated carbocycles. The second-order valence-corrected chi connectivity index (χ2v) is 16.9. The zero-order valence-corrected chi connectivity index (χ0v) is 37.0. The Labute approximate surface area is 391 Å². The summed E-state index contributed by atoms with van der Waals surface area (Å²) in [5.41, 5.74) is 4.77. The second-order valence-electron chi connectivity index (χ2n) is 16.9. The number of nitrogens with zero attached hydrogens (tertiary/aromatic N) is 5. The molecule has 0 fully saturated rings. The molecule has 6 aromatic carbocycles. The summed E-state index contributed by atoms with van der Waals surface area (Å²) in [5, 5.41) is 2.01. The molecule has 10 aromatic rings.